The van der Waals surface area contributed by atoms with E-state index >= 15 is 0 Å². The lowest BCUT2D eigenvalue weighted by molar-refractivity contribution is -0.164. The van der Waals surface area contributed by atoms with Crippen LogP contribution in [0.4, 0.5) is 0 Å². The molecule has 0 spiro atoms. The number of hydrogen-bond acceptors (Lipinski definition) is 6. The fourth-order valence-corrected chi connectivity index (χ4v) is 4.24. The van der Waals surface area contributed by atoms with Gasteiger partial charge in [-0.3, -0.25) is 4.79 Å². The Labute approximate surface area is 209 Å². The lowest BCUT2D eigenvalue weighted by Gasteiger charge is -2.47. The van der Waals surface area contributed by atoms with Gasteiger partial charge < -0.3 is 23.8 Å². The summed E-state index contributed by atoms with van der Waals surface area (Å²) in [5.41, 5.74) is 2.31. The van der Waals surface area contributed by atoms with Gasteiger partial charge in [-0.15, -0.1) is 0 Å². The first-order chi connectivity index (χ1) is 16.9. The highest BCUT2D eigenvalue weighted by molar-refractivity contribution is 6.30. The van der Waals surface area contributed by atoms with Crippen molar-refractivity contribution in [2.45, 2.75) is 18.6 Å². The van der Waals surface area contributed by atoms with E-state index < -0.39 is 12.1 Å². The van der Waals surface area contributed by atoms with Crippen LogP contribution >= 0.6 is 11.6 Å². The summed E-state index contributed by atoms with van der Waals surface area (Å²) in [6.07, 6.45) is -0.0678. The molecule has 0 radical (unpaired) electrons. The highest BCUT2D eigenvalue weighted by Crippen LogP contribution is 2.38. The van der Waals surface area contributed by atoms with E-state index in [-0.39, 0.29) is 11.9 Å². The second kappa shape index (κ2) is 10.7. The summed E-state index contributed by atoms with van der Waals surface area (Å²) in [5, 5.41) is 0.587. The second-order valence-electron chi connectivity index (χ2n) is 8.02. The number of ether oxygens (including phenoxy) is 4. The molecule has 0 saturated carbocycles. The zero-order valence-electron chi connectivity index (χ0n) is 19.7. The van der Waals surface area contributed by atoms with E-state index in [0.717, 1.165) is 11.1 Å². The number of carbonyl (C=O) groups is 2. The van der Waals surface area contributed by atoms with Crippen molar-refractivity contribution in [3.8, 4) is 17.2 Å². The number of benzene rings is 3. The average molecular weight is 496 g/mol. The third-order valence-corrected chi connectivity index (χ3v) is 6.24. The molecule has 0 N–H and O–H groups in total. The van der Waals surface area contributed by atoms with Crippen LogP contribution in [0.1, 0.15) is 27.5 Å². The summed E-state index contributed by atoms with van der Waals surface area (Å²) in [6.45, 7) is 0.484. The molecule has 1 aliphatic rings. The number of esters is 1. The van der Waals surface area contributed by atoms with Crippen LogP contribution in [0.2, 0.25) is 5.02 Å². The fourth-order valence-electron chi connectivity index (χ4n) is 4.12. The van der Waals surface area contributed by atoms with Crippen LogP contribution in [0.5, 0.6) is 17.2 Å². The largest absolute Gasteiger partial charge is 0.493 e. The molecule has 0 aromatic heterocycles. The predicted octanol–water partition coefficient (Wildman–Crippen LogP) is 4.72. The molecule has 1 aliphatic heterocycles. The minimum absolute atomic E-state index is 0.109. The summed E-state index contributed by atoms with van der Waals surface area (Å²) in [6, 6.07) is 19.3. The molecular formula is C27H26ClNO6. The first kappa shape index (κ1) is 24.4. The summed E-state index contributed by atoms with van der Waals surface area (Å²) in [5.74, 6) is 1.32. The minimum Gasteiger partial charge on any atom is -0.493 e. The maximum absolute atomic E-state index is 13.1. The van der Waals surface area contributed by atoms with E-state index in [1.54, 1.807) is 55.5 Å². The van der Waals surface area contributed by atoms with Gasteiger partial charge in [-0.05, 0) is 66.1 Å². The summed E-state index contributed by atoms with van der Waals surface area (Å²) < 4.78 is 21.5. The van der Waals surface area contributed by atoms with Gasteiger partial charge >= 0.3 is 5.97 Å². The Hall–Kier alpha value is -3.71. The smallest absolute Gasteiger partial charge is 0.337 e. The minimum atomic E-state index is -0.689. The number of likely N-dealkylation sites (tertiary alicyclic amines) is 1. The number of nitrogens with zero attached hydrogens (tertiary/aromatic N) is 1. The van der Waals surface area contributed by atoms with Crippen LogP contribution < -0.4 is 14.2 Å². The molecule has 2 atom stereocenters. The molecule has 1 amide bonds. The van der Waals surface area contributed by atoms with Gasteiger partial charge in [0.15, 0.2) is 11.5 Å². The molecular weight excluding hydrogens is 470 g/mol. The average Bonchev–Trinajstić information content (AvgIpc) is 2.90. The number of carbonyl (C=O) groups excluding carboxylic acids is 2. The van der Waals surface area contributed by atoms with Crippen LogP contribution in [-0.2, 0) is 16.0 Å². The van der Waals surface area contributed by atoms with E-state index in [0.29, 0.717) is 40.8 Å². The topological polar surface area (TPSA) is 74.3 Å². The quantitative estimate of drug-likeness (QED) is 0.316. The summed E-state index contributed by atoms with van der Waals surface area (Å²) in [4.78, 5) is 26.8. The van der Waals surface area contributed by atoms with Gasteiger partial charge in [0.25, 0.3) is 5.91 Å². The van der Waals surface area contributed by atoms with Crippen LogP contribution in [0.25, 0.3) is 0 Å². The molecule has 0 aliphatic carbocycles. The number of methoxy groups -OCH3 is 3. The Bertz CT molecular complexity index is 1200. The molecule has 35 heavy (non-hydrogen) atoms. The third-order valence-electron chi connectivity index (χ3n) is 5.99. The molecule has 1 heterocycles. The van der Waals surface area contributed by atoms with Gasteiger partial charge in [0, 0.05) is 11.6 Å². The van der Waals surface area contributed by atoms with Crippen molar-refractivity contribution < 1.29 is 28.5 Å². The Balaban J connectivity index is 1.55. The number of β-lactam (4-membered cyclic amide) rings is 1. The summed E-state index contributed by atoms with van der Waals surface area (Å²) >= 11 is 5.98. The van der Waals surface area contributed by atoms with Crippen LogP contribution in [0, 0.1) is 0 Å². The van der Waals surface area contributed by atoms with Crippen molar-refractivity contribution in [3.63, 3.8) is 0 Å². The third kappa shape index (κ3) is 5.20. The van der Waals surface area contributed by atoms with Gasteiger partial charge in [-0.1, -0.05) is 29.8 Å². The van der Waals surface area contributed by atoms with Crippen LogP contribution in [0.3, 0.4) is 0 Å². The first-order valence-electron chi connectivity index (χ1n) is 11.1. The van der Waals surface area contributed by atoms with Gasteiger partial charge in [-0.25, -0.2) is 4.79 Å². The van der Waals surface area contributed by atoms with Gasteiger partial charge in [0.05, 0.1) is 26.9 Å². The first-order valence-corrected chi connectivity index (χ1v) is 11.4. The highest BCUT2D eigenvalue weighted by Gasteiger charge is 2.49. The van der Waals surface area contributed by atoms with Crippen LogP contribution in [-0.4, -0.2) is 50.8 Å². The number of hydrogen-bond donors (Lipinski definition) is 0. The van der Waals surface area contributed by atoms with Gasteiger partial charge in [0.1, 0.15) is 11.8 Å². The van der Waals surface area contributed by atoms with Crippen molar-refractivity contribution in [1.82, 2.24) is 4.90 Å². The van der Waals surface area contributed by atoms with Gasteiger partial charge in [-0.2, -0.15) is 0 Å². The van der Waals surface area contributed by atoms with E-state index in [4.69, 9.17) is 30.5 Å². The molecule has 0 unspecified atom stereocenters. The molecule has 3 aromatic carbocycles. The number of rotatable bonds is 9. The molecule has 1 saturated heterocycles. The van der Waals surface area contributed by atoms with Crippen molar-refractivity contribution in [3.05, 3.63) is 88.4 Å². The van der Waals surface area contributed by atoms with Crippen molar-refractivity contribution in [2.24, 2.45) is 0 Å². The van der Waals surface area contributed by atoms with E-state index in [9.17, 15) is 9.59 Å². The van der Waals surface area contributed by atoms with Gasteiger partial charge in [0.2, 0.25) is 6.10 Å². The molecule has 7 nitrogen and oxygen atoms in total. The van der Waals surface area contributed by atoms with E-state index in [1.807, 2.05) is 30.3 Å². The monoisotopic (exact) mass is 495 g/mol. The molecule has 1 fully saturated rings. The molecule has 3 aromatic rings. The Kier molecular flexibility index (Phi) is 7.46. The van der Waals surface area contributed by atoms with E-state index in [1.165, 1.54) is 7.11 Å². The SMILES string of the molecule is COC(=O)c1ccc([C@H]2[C@@H](Oc3ccc(Cl)cc3)C(=O)N2CCc2ccc(OC)c(OC)c2)cc1. The normalized spacial score (nSPS) is 16.9. The molecule has 8 heteroatoms. The molecule has 0 bridgehead atoms. The second-order valence-corrected chi connectivity index (χ2v) is 8.46. The zero-order chi connectivity index (χ0) is 24.9. The lowest BCUT2D eigenvalue weighted by Crippen LogP contribution is -2.61. The number of halogens is 1. The maximum Gasteiger partial charge on any atom is 0.337 e. The zero-order valence-corrected chi connectivity index (χ0v) is 20.5. The van der Waals surface area contributed by atoms with Crippen molar-refractivity contribution >= 4 is 23.5 Å². The van der Waals surface area contributed by atoms with Crippen molar-refractivity contribution in [1.29, 1.82) is 0 Å². The predicted molar refractivity (Wildman–Crippen MR) is 131 cm³/mol. The lowest BCUT2D eigenvalue weighted by atomic mass is 9.89. The number of amides is 1. The fraction of sp³-hybridized carbons (Fsp3) is 0.259. The van der Waals surface area contributed by atoms with E-state index in [2.05, 4.69) is 0 Å². The van der Waals surface area contributed by atoms with Crippen LogP contribution in [0.15, 0.2) is 66.7 Å². The standard InChI is InChI=1S/C27H26ClNO6/c1-32-22-13-4-17(16-23(22)33-2)14-15-29-24(18-5-7-19(8-6-18)27(31)34-3)25(26(29)30)35-21-11-9-20(28)10-12-21/h4-13,16,24-25H,14-15H2,1-3H3/t24-,25+/m0/s1. The Morgan fingerprint density at radius 2 is 1.60 bits per heavy atom. The molecule has 4 rings (SSSR count). The molecule has 182 valence electrons. The summed E-state index contributed by atoms with van der Waals surface area (Å²) in [7, 11) is 4.52. The Morgan fingerprint density at radius 1 is 0.914 bits per heavy atom. The highest BCUT2D eigenvalue weighted by atomic mass is 35.5. The Morgan fingerprint density at radius 3 is 2.23 bits per heavy atom. The van der Waals surface area contributed by atoms with Crippen molar-refractivity contribution in [2.75, 3.05) is 27.9 Å². The maximum atomic E-state index is 13.1.